The Morgan fingerprint density at radius 2 is 1.49 bits per heavy atom. The van der Waals surface area contributed by atoms with Crippen LogP contribution in [0.1, 0.15) is 117 Å². The number of hydrogen-bond acceptors (Lipinski definition) is 3. The van der Waals surface area contributed by atoms with E-state index in [9.17, 15) is 32.2 Å². The van der Waals surface area contributed by atoms with Gasteiger partial charge in [0.25, 0.3) is 0 Å². The summed E-state index contributed by atoms with van der Waals surface area (Å²) in [5.74, 6) is 2.54. The van der Waals surface area contributed by atoms with E-state index in [-0.39, 0.29) is 29.6 Å². The Kier molecular flexibility index (Phi) is 7.97. The average Bonchev–Trinajstić information content (AvgIpc) is 3.21. The summed E-state index contributed by atoms with van der Waals surface area (Å²) in [5, 5.41) is 21.6. The predicted octanol–water partition coefficient (Wildman–Crippen LogP) is 8.27. The van der Waals surface area contributed by atoms with Gasteiger partial charge in [0.15, 0.2) is 5.60 Å². The highest BCUT2D eigenvalue weighted by atomic mass is 19.4. The van der Waals surface area contributed by atoms with Gasteiger partial charge in [-0.25, -0.2) is 0 Å². The molecule has 2 N–H and O–H groups in total. The zero-order valence-electron chi connectivity index (χ0n) is 23.9. The van der Waals surface area contributed by atoms with E-state index in [0.29, 0.717) is 68.1 Å². The number of fused-ring (bicyclic) bond motifs is 5. The van der Waals surface area contributed by atoms with Crippen LogP contribution in [-0.2, 0) is 4.74 Å². The molecule has 0 unspecified atom stereocenters. The maximum atomic E-state index is 13.7. The summed E-state index contributed by atoms with van der Waals surface area (Å²) in [4.78, 5) is 0. The number of aliphatic hydroxyl groups is 2. The molecule has 8 heteroatoms. The van der Waals surface area contributed by atoms with Crippen LogP contribution in [0.4, 0.5) is 22.0 Å². The van der Waals surface area contributed by atoms with Crippen molar-refractivity contribution >= 4 is 0 Å². The van der Waals surface area contributed by atoms with Gasteiger partial charge in [-0.1, -0.05) is 20.8 Å². The summed E-state index contributed by atoms with van der Waals surface area (Å²) in [6.07, 6.45) is 4.98. The quantitative estimate of drug-likeness (QED) is 0.319. The summed E-state index contributed by atoms with van der Waals surface area (Å²) in [6, 6.07) is 0. The SMILES string of the molecule is C[C@H](CCC1(O)CCC(OC(F)F)CC1)[C@H]1CC[C@H]2[C@@H]3CC[C@H]4C[C@](O)(C(F)(F)F)CC[C@]4(C)[C@H]3CC[C@]12C. The molecule has 5 aliphatic rings. The summed E-state index contributed by atoms with van der Waals surface area (Å²) in [5.41, 5.74) is -3.22. The number of rotatable bonds is 6. The van der Waals surface area contributed by atoms with Crippen molar-refractivity contribution in [1.82, 2.24) is 0 Å². The highest BCUT2D eigenvalue weighted by molar-refractivity contribution is 5.11. The second-order valence-corrected chi connectivity index (χ2v) is 15.0. The average molecular weight is 565 g/mol. The van der Waals surface area contributed by atoms with Gasteiger partial charge in [-0.15, -0.1) is 0 Å². The highest BCUT2D eigenvalue weighted by Crippen LogP contribution is 2.69. The number of halogens is 5. The molecule has 5 saturated carbocycles. The van der Waals surface area contributed by atoms with E-state index in [2.05, 4.69) is 25.5 Å². The van der Waals surface area contributed by atoms with Crippen molar-refractivity contribution in [3.63, 3.8) is 0 Å². The molecule has 0 heterocycles. The van der Waals surface area contributed by atoms with Crippen molar-refractivity contribution in [3.05, 3.63) is 0 Å². The van der Waals surface area contributed by atoms with Crippen LogP contribution in [-0.4, -0.2) is 40.3 Å². The van der Waals surface area contributed by atoms with E-state index in [1.54, 1.807) is 0 Å². The minimum absolute atomic E-state index is 0.0680. The number of hydrogen-bond donors (Lipinski definition) is 2. The van der Waals surface area contributed by atoms with Crippen LogP contribution in [0.2, 0.25) is 0 Å². The first-order valence-corrected chi connectivity index (χ1v) is 15.6. The Morgan fingerprint density at radius 1 is 0.821 bits per heavy atom. The monoisotopic (exact) mass is 564 g/mol. The lowest BCUT2D eigenvalue weighted by Crippen LogP contribution is -2.59. The molecule has 5 aliphatic carbocycles. The number of alkyl halides is 5. The van der Waals surface area contributed by atoms with Crippen LogP contribution in [0.25, 0.3) is 0 Å². The standard InChI is InChI=1S/C31H49F5O3/c1-19(8-13-29(37)14-9-21(10-15-29)39-26(32)33)23-6-7-24-22-5-4-20-18-30(38,31(34,35)36)17-16-27(20,2)25(22)11-12-28(23,24)3/h19-26,37-38H,4-18H2,1-3H3/t19-,20+,21?,22+,23-,24+,25+,27+,28-,29?,30+/m1/s1. The van der Waals surface area contributed by atoms with Crippen LogP contribution >= 0.6 is 0 Å². The molecule has 9 atom stereocenters. The van der Waals surface area contributed by atoms with Crippen molar-refractivity contribution in [2.24, 2.45) is 46.3 Å². The molecule has 0 amide bonds. The van der Waals surface area contributed by atoms with Gasteiger partial charge in [0.05, 0.1) is 11.7 Å². The molecule has 0 radical (unpaired) electrons. The first kappa shape index (κ1) is 30.0. The van der Waals surface area contributed by atoms with Gasteiger partial charge in [-0.2, -0.15) is 22.0 Å². The van der Waals surface area contributed by atoms with Crippen molar-refractivity contribution in [1.29, 1.82) is 0 Å². The first-order valence-electron chi connectivity index (χ1n) is 15.6. The Balaban J connectivity index is 1.20. The maximum absolute atomic E-state index is 13.7. The maximum Gasteiger partial charge on any atom is 0.417 e. The van der Waals surface area contributed by atoms with E-state index in [0.717, 1.165) is 32.1 Å². The van der Waals surface area contributed by atoms with Gasteiger partial charge in [-0.3, -0.25) is 0 Å². The minimum atomic E-state index is -4.56. The molecule has 39 heavy (non-hydrogen) atoms. The van der Waals surface area contributed by atoms with Crippen molar-refractivity contribution in [2.45, 2.75) is 147 Å². The zero-order valence-corrected chi connectivity index (χ0v) is 23.9. The fraction of sp³-hybridized carbons (Fsp3) is 1.00. The van der Waals surface area contributed by atoms with Crippen LogP contribution in [0.3, 0.4) is 0 Å². The summed E-state index contributed by atoms with van der Waals surface area (Å²) < 4.78 is 70.7. The Bertz CT molecular complexity index is 873. The van der Waals surface area contributed by atoms with Gasteiger partial charge in [0.2, 0.25) is 0 Å². The van der Waals surface area contributed by atoms with Crippen molar-refractivity contribution in [3.8, 4) is 0 Å². The third-order valence-corrected chi connectivity index (χ3v) is 13.2. The molecule has 0 aliphatic heterocycles. The fourth-order valence-corrected chi connectivity index (χ4v) is 10.8. The van der Waals surface area contributed by atoms with Gasteiger partial charge in [0.1, 0.15) is 0 Å². The summed E-state index contributed by atoms with van der Waals surface area (Å²) in [7, 11) is 0. The molecule has 0 aromatic carbocycles. The summed E-state index contributed by atoms with van der Waals surface area (Å²) >= 11 is 0. The number of ether oxygens (including phenoxy) is 1. The molecule has 226 valence electrons. The van der Waals surface area contributed by atoms with E-state index >= 15 is 0 Å². The summed E-state index contributed by atoms with van der Waals surface area (Å²) in [6.45, 7) is 4.24. The molecule has 5 fully saturated rings. The Hall–Kier alpha value is -0.470. The molecule has 0 aromatic rings. The molecular weight excluding hydrogens is 515 g/mol. The lowest BCUT2D eigenvalue weighted by molar-refractivity contribution is -0.290. The first-order chi connectivity index (χ1) is 18.1. The molecule has 3 nitrogen and oxygen atoms in total. The molecule has 0 saturated heterocycles. The van der Waals surface area contributed by atoms with Gasteiger partial charge in [-0.05, 0) is 143 Å². The van der Waals surface area contributed by atoms with E-state index in [1.807, 2.05) is 0 Å². The van der Waals surface area contributed by atoms with E-state index in [1.165, 1.54) is 12.8 Å². The van der Waals surface area contributed by atoms with Gasteiger partial charge < -0.3 is 14.9 Å². The van der Waals surface area contributed by atoms with Crippen molar-refractivity contribution < 1.29 is 36.9 Å². The molecule has 0 spiro atoms. The highest BCUT2D eigenvalue weighted by Gasteiger charge is 2.65. The normalized spacial score (nSPS) is 49.3. The Morgan fingerprint density at radius 3 is 2.13 bits per heavy atom. The van der Waals surface area contributed by atoms with Crippen LogP contribution in [0, 0.1) is 46.3 Å². The third-order valence-electron chi connectivity index (χ3n) is 13.2. The van der Waals surface area contributed by atoms with E-state index < -0.39 is 30.1 Å². The second-order valence-electron chi connectivity index (χ2n) is 15.0. The largest absolute Gasteiger partial charge is 0.417 e. The van der Waals surface area contributed by atoms with Gasteiger partial charge >= 0.3 is 12.8 Å². The smallest absolute Gasteiger partial charge is 0.390 e. The lowest BCUT2D eigenvalue weighted by atomic mass is 9.43. The van der Waals surface area contributed by atoms with Gasteiger partial charge in [0, 0.05) is 0 Å². The molecular formula is C31H49F5O3. The van der Waals surface area contributed by atoms with E-state index in [4.69, 9.17) is 0 Å². The zero-order chi connectivity index (χ0) is 28.4. The second kappa shape index (κ2) is 10.4. The fourth-order valence-electron chi connectivity index (χ4n) is 10.8. The van der Waals surface area contributed by atoms with Crippen LogP contribution < -0.4 is 0 Å². The lowest BCUT2D eigenvalue weighted by Gasteiger charge is -2.62. The van der Waals surface area contributed by atoms with Crippen LogP contribution in [0.5, 0.6) is 0 Å². The third kappa shape index (κ3) is 5.30. The predicted molar refractivity (Wildman–Crippen MR) is 139 cm³/mol. The molecule has 0 aromatic heterocycles. The molecule has 5 rings (SSSR count). The molecule has 0 bridgehead atoms. The Labute approximate surface area is 230 Å². The minimum Gasteiger partial charge on any atom is -0.390 e. The van der Waals surface area contributed by atoms with Crippen molar-refractivity contribution in [2.75, 3.05) is 0 Å². The van der Waals surface area contributed by atoms with Crippen LogP contribution in [0.15, 0.2) is 0 Å². The topological polar surface area (TPSA) is 49.7 Å².